The number of ether oxygens (including phenoxy) is 1. The first-order valence-corrected chi connectivity index (χ1v) is 5.93. The lowest BCUT2D eigenvalue weighted by atomic mass is 10.1. The highest BCUT2D eigenvalue weighted by Gasteiger charge is 2.14. The smallest absolute Gasteiger partial charge is 0.167 e. The predicted molar refractivity (Wildman–Crippen MR) is 69.0 cm³/mol. The lowest BCUT2D eigenvalue weighted by Crippen LogP contribution is -2.23. The van der Waals surface area contributed by atoms with Gasteiger partial charge in [0.25, 0.3) is 0 Å². The second-order valence-corrected chi connectivity index (χ2v) is 4.49. The van der Waals surface area contributed by atoms with Gasteiger partial charge < -0.3 is 15.4 Å². The lowest BCUT2D eigenvalue weighted by molar-refractivity contribution is 0.382. The summed E-state index contributed by atoms with van der Waals surface area (Å²) in [6.07, 6.45) is 0.833. The Labute approximate surface area is 107 Å². The highest BCUT2D eigenvalue weighted by atomic mass is 19.1. The molecule has 0 aliphatic rings. The van der Waals surface area contributed by atoms with E-state index < -0.39 is 11.6 Å². The number of methoxy groups -OCH3 is 1. The van der Waals surface area contributed by atoms with E-state index in [1.54, 1.807) is 11.9 Å². The van der Waals surface area contributed by atoms with Crippen LogP contribution in [0.15, 0.2) is 12.1 Å². The first kappa shape index (κ1) is 14.7. The summed E-state index contributed by atoms with van der Waals surface area (Å²) in [7, 11) is 3.04. The van der Waals surface area contributed by atoms with E-state index in [1.807, 2.05) is 6.92 Å². The van der Waals surface area contributed by atoms with Crippen LogP contribution in [0, 0.1) is 17.6 Å². The Kier molecular flexibility index (Phi) is 5.34. The van der Waals surface area contributed by atoms with Gasteiger partial charge in [-0.1, -0.05) is 6.92 Å². The molecular formula is C13H20F2N2O. The summed E-state index contributed by atoms with van der Waals surface area (Å²) in [5, 5.41) is 0. The molecule has 5 heteroatoms. The molecule has 1 atom stereocenters. The third-order valence-corrected chi connectivity index (χ3v) is 2.99. The number of rotatable bonds is 6. The van der Waals surface area contributed by atoms with Crippen molar-refractivity contribution in [1.29, 1.82) is 0 Å². The summed E-state index contributed by atoms with van der Waals surface area (Å²) in [5.41, 5.74) is 5.75. The molecule has 0 radical (unpaired) electrons. The molecule has 2 N–H and O–H groups in total. The molecule has 1 rings (SSSR count). The van der Waals surface area contributed by atoms with Gasteiger partial charge in [-0.3, -0.25) is 0 Å². The summed E-state index contributed by atoms with van der Waals surface area (Å²) in [6.45, 7) is 3.24. The number of nitrogens with two attached hydrogens (primary N) is 1. The van der Waals surface area contributed by atoms with Gasteiger partial charge in [0.15, 0.2) is 11.6 Å². The Morgan fingerprint density at radius 2 is 2.00 bits per heavy atom. The Hall–Kier alpha value is -1.36. The topological polar surface area (TPSA) is 38.5 Å². The maximum absolute atomic E-state index is 13.8. The van der Waals surface area contributed by atoms with Crippen LogP contribution in [-0.4, -0.2) is 27.2 Å². The van der Waals surface area contributed by atoms with Crippen LogP contribution in [0.4, 0.5) is 14.5 Å². The molecule has 102 valence electrons. The average molecular weight is 258 g/mol. The summed E-state index contributed by atoms with van der Waals surface area (Å²) in [4.78, 5) is 1.68. The molecule has 0 heterocycles. The second kappa shape index (κ2) is 6.54. The van der Waals surface area contributed by atoms with E-state index in [2.05, 4.69) is 0 Å². The van der Waals surface area contributed by atoms with Gasteiger partial charge in [-0.2, -0.15) is 0 Å². The molecule has 0 aliphatic carbocycles. The molecule has 0 amide bonds. The van der Waals surface area contributed by atoms with Crippen LogP contribution in [0.5, 0.6) is 5.75 Å². The molecule has 0 saturated heterocycles. The minimum Gasteiger partial charge on any atom is -0.494 e. The minimum atomic E-state index is -0.562. The van der Waals surface area contributed by atoms with Crippen LogP contribution >= 0.6 is 0 Å². The number of nitrogens with zero attached hydrogens (tertiary/aromatic N) is 1. The van der Waals surface area contributed by atoms with Crippen LogP contribution in [0.3, 0.4) is 0 Å². The highest BCUT2D eigenvalue weighted by molar-refractivity contribution is 5.50. The number of anilines is 1. The maximum Gasteiger partial charge on any atom is 0.167 e. The number of hydrogen-bond acceptors (Lipinski definition) is 3. The third kappa shape index (κ3) is 3.57. The van der Waals surface area contributed by atoms with E-state index in [0.29, 0.717) is 19.0 Å². The molecule has 0 aliphatic heterocycles. The van der Waals surface area contributed by atoms with Crippen LogP contribution < -0.4 is 15.4 Å². The van der Waals surface area contributed by atoms with Crippen LogP contribution in [-0.2, 0) is 0 Å². The fourth-order valence-electron chi connectivity index (χ4n) is 1.62. The minimum absolute atomic E-state index is 0.0834. The van der Waals surface area contributed by atoms with Gasteiger partial charge in [-0.15, -0.1) is 0 Å². The van der Waals surface area contributed by atoms with Gasteiger partial charge in [-0.25, -0.2) is 8.78 Å². The third-order valence-electron chi connectivity index (χ3n) is 2.99. The lowest BCUT2D eigenvalue weighted by Gasteiger charge is -2.22. The molecule has 0 bridgehead atoms. The van der Waals surface area contributed by atoms with Crippen molar-refractivity contribution in [3.8, 4) is 5.75 Å². The Balaban J connectivity index is 2.79. The summed E-state index contributed by atoms with van der Waals surface area (Å²) < 4.78 is 32.0. The van der Waals surface area contributed by atoms with E-state index in [9.17, 15) is 8.78 Å². The molecule has 0 spiro atoms. The van der Waals surface area contributed by atoms with Crippen molar-refractivity contribution >= 4 is 5.69 Å². The molecule has 0 saturated carbocycles. The Bertz CT molecular complexity index is 399. The number of halogens is 2. The number of hydrogen-bond donors (Lipinski definition) is 1. The molecule has 0 fully saturated rings. The Morgan fingerprint density at radius 3 is 2.56 bits per heavy atom. The zero-order chi connectivity index (χ0) is 13.7. The van der Waals surface area contributed by atoms with Crippen molar-refractivity contribution in [2.24, 2.45) is 11.7 Å². The Morgan fingerprint density at radius 1 is 1.33 bits per heavy atom. The quantitative estimate of drug-likeness (QED) is 0.851. The van der Waals surface area contributed by atoms with Crippen LogP contribution in [0.1, 0.15) is 13.3 Å². The fraction of sp³-hybridized carbons (Fsp3) is 0.538. The van der Waals surface area contributed by atoms with E-state index in [4.69, 9.17) is 10.5 Å². The van der Waals surface area contributed by atoms with Crippen molar-refractivity contribution in [2.75, 3.05) is 32.1 Å². The first-order valence-electron chi connectivity index (χ1n) is 5.93. The van der Waals surface area contributed by atoms with Gasteiger partial charge in [0.1, 0.15) is 5.82 Å². The van der Waals surface area contributed by atoms with Gasteiger partial charge in [-0.05, 0) is 18.9 Å². The first-order chi connectivity index (χ1) is 8.49. The van der Waals surface area contributed by atoms with Crippen molar-refractivity contribution in [3.63, 3.8) is 0 Å². The van der Waals surface area contributed by atoms with E-state index in [-0.39, 0.29) is 11.4 Å². The highest BCUT2D eigenvalue weighted by Crippen LogP contribution is 2.27. The summed E-state index contributed by atoms with van der Waals surface area (Å²) in [6, 6.07) is 2.22. The summed E-state index contributed by atoms with van der Waals surface area (Å²) >= 11 is 0. The normalized spacial score (nSPS) is 12.3. The largest absolute Gasteiger partial charge is 0.494 e. The fourth-order valence-corrected chi connectivity index (χ4v) is 1.62. The molecular weight excluding hydrogens is 238 g/mol. The monoisotopic (exact) mass is 258 g/mol. The molecule has 1 aromatic rings. The van der Waals surface area contributed by atoms with Gasteiger partial charge in [0.2, 0.25) is 0 Å². The van der Waals surface area contributed by atoms with E-state index in [0.717, 1.165) is 18.6 Å². The van der Waals surface area contributed by atoms with Gasteiger partial charge in [0, 0.05) is 25.7 Å². The van der Waals surface area contributed by atoms with E-state index in [1.165, 1.54) is 7.11 Å². The zero-order valence-electron chi connectivity index (χ0n) is 11.0. The summed E-state index contributed by atoms with van der Waals surface area (Å²) in [5.74, 6) is -0.776. The molecule has 1 unspecified atom stereocenters. The van der Waals surface area contributed by atoms with Crippen molar-refractivity contribution in [2.45, 2.75) is 13.3 Å². The second-order valence-electron chi connectivity index (χ2n) is 4.49. The number of benzene rings is 1. The molecule has 3 nitrogen and oxygen atoms in total. The SMILES string of the molecule is COc1cc(F)c(N(C)CCC(C)CN)cc1F. The molecule has 18 heavy (non-hydrogen) atoms. The standard InChI is InChI=1S/C13H20F2N2O/c1-9(8-16)4-5-17(2)12-6-11(15)13(18-3)7-10(12)14/h6-7,9H,4-5,8,16H2,1-3H3. The molecule has 1 aromatic carbocycles. The van der Waals surface area contributed by atoms with Crippen LogP contribution in [0.25, 0.3) is 0 Å². The zero-order valence-corrected chi connectivity index (χ0v) is 11.0. The van der Waals surface area contributed by atoms with Crippen molar-refractivity contribution in [3.05, 3.63) is 23.8 Å². The van der Waals surface area contributed by atoms with Crippen molar-refractivity contribution in [1.82, 2.24) is 0 Å². The van der Waals surface area contributed by atoms with Crippen molar-refractivity contribution < 1.29 is 13.5 Å². The average Bonchev–Trinajstić information content (AvgIpc) is 2.37. The van der Waals surface area contributed by atoms with E-state index >= 15 is 0 Å². The van der Waals surface area contributed by atoms with Gasteiger partial charge in [0.05, 0.1) is 12.8 Å². The molecule has 0 aromatic heterocycles. The van der Waals surface area contributed by atoms with Crippen LogP contribution in [0.2, 0.25) is 0 Å². The maximum atomic E-state index is 13.8. The van der Waals surface area contributed by atoms with Gasteiger partial charge >= 0.3 is 0 Å². The predicted octanol–water partition coefficient (Wildman–Crippen LogP) is 2.39.